The number of carbonyl (C=O) groups is 2. The standard InChI is InChI=1S/C21H22N4O4S/c1-3-29-17-10-5-4-9-16(17)20(27)23-21-25-24-18(30-21)11-12-22-19(26)14-7-6-8-15(13-14)28-2/h4-10,13H,3,11-12H2,1-2H3,(H,22,26)(H,23,25,27). The Bertz CT molecular complexity index is 1020. The van der Waals surface area contributed by atoms with Crippen molar-refractivity contribution in [3.05, 3.63) is 64.7 Å². The van der Waals surface area contributed by atoms with Gasteiger partial charge in [0, 0.05) is 18.5 Å². The fourth-order valence-corrected chi connectivity index (χ4v) is 3.39. The van der Waals surface area contributed by atoms with Gasteiger partial charge in [-0.1, -0.05) is 29.5 Å². The molecule has 0 saturated carbocycles. The van der Waals surface area contributed by atoms with Gasteiger partial charge in [0.1, 0.15) is 16.5 Å². The molecule has 0 atom stereocenters. The largest absolute Gasteiger partial charge is 0.497 e. The van der Waals surface area contributed by atoms with Crippen LogP contribution in [0.5, 0.6) is 11.5 Å². The minimum Gasteiger partial charge on any atom is -0.497 e. The summed E-state index contributed by atoms with van der Waals surface area (Å²) in [5.74, 6) is 0.633. The lowest BCUT2D eigenvalue weighted by atomic mass is 10.2. The molecule has 0 fully saturated rings. The number of hydrogen-bond donors (Lipinski definition) is 2. The Morgan fingerprint density at radius 1 is 1.07 bits per heavy atom. The van der Waals surface area contributed by atoms with Gasteiger partial charge in [-0.05, 0) is 37.3 Å². The molecule has 1 aromatic heterocycles. The topological polar surface area (TPSA) is 102 Å². The number of carbonyl (C=O) groups excluding carboxylic acids is 2. The van der Waals surface area contributed by atoms with Crippen LogP contribution in [0, 0.1) is 0 Å². The highest BCUT2D eigenvalue weighted by atomic mass is 32.1. The monoisotopic (exact) mass is 426 g/mol. The molecule has 0 saturated heterocycles. The average Bonchev–Trinajstić information content (AvgIpc) is 3.21. The summed E-state index contributed by atoms with van der Waals surface area (Å²) in [4.78, 5) is 24.7. The lowest BCUT2D eigenvalue weighted by Gasteiger charge is -2.08. The number of amides is 2. The van der Waals surface area contributed by atoms with Gasteiger partial charge in [-0.3, -0.25) is 14.9 Å². The Hall–Kier alpha value is -3.46. The van der Waals surface area contributed by atoms with Gasteiger partial charge in [0.2, 0.25) is 5.13 Å². The molecule has 0 radical (unpaired) electrons. The molecule has 3 aromatic rings. The van der Waals surface area contributed by atoms with Crippen LogP contribution in [0.25, 0.3) is 0 Å². The van der Waals surface area contributed by atoms with Gasteiger partial charge in [-0.15, -0.1) is 10.2 Å². The minimum absolute atomic E-state index is 0.195. The first-order valence-electron chi connectivity index (χ1n) is 9.38. The summed E-state index contributed by atoms with van der Waals surface area (Å²) < 4.78 is 10.6. The second kappa shape index (κ2) is 10.4. The first kappa shape index (κ1) is 21.3. The summed E-state index contributed by atoms with van der Waals surface area (Å²) in [5, 5.41) is 14.7. The van der Waals surface area contributed by atoms with Crippen molar-refractivity contribution in [3.63, 3.8) is 0 Å². The number of nitrogens with one attached hydrogen (secondary N) is 2. The molecule has 0 bridgehead atoms. The first-order valence-corrected chi connectivity index (χ1v) is 10.2. The van der Waals surface area contributed by atoms with Gasteiger partial charge in [-0.2, -0.15) is 0 Å². The van der Waals surface area contributed by atoms with E-state index in [-0.39, 0.29) is 11.8 Å². The van der Waals surface area contributed by atoms with Gasteiger partial charge >= 0.3 is 0 Å². The number of benzene rings is 2. The van der Waals surface area contributed by atoms with E-state index in [1.807, 2.05) is 13.0 Å². The number of nitrogens with zero attached hydrogens (tertiary/aromatic N) is 2. The molecule has 156 valence electrons. The van der Waals surface area contributed by atoms with Crippen molar-refractivity contribution in [2.75, 3.05) is 25.6 Å². The third-order valence-corrected chi connectivity index (χ3v) is 4.97. The zero-order valence-electron chi connectivity index (χ0n) is 16.7. The third kappa shape index (κ3) is 5.54. The lowest BCUT2D eigenvalue weighted by molar-refractivity contribution is 0.0952. The Balaban J connectivity index is 1.53. The number of aromatic nitrogens is 2. The predicted molar refractivity (Wildman–Crippen MR) is 115 cm³/mol. The molecule has 2 N–H and O–H groups in total. The Labute approximate surface area is 178 Å². The van der Waals surface area contributed by atoms with Crippen LogP contribution < -0.4 is 20.1 Å². The Morgan fingerprint density at radius 2 is 1.90 bits per heavy atom. The van der Waals surface area contributed by atoms with E-state index in [4.69, 9.17) is 9.47 Å². The molecule has 3 rings (SSSR count). The van der Waals surface area contributed by atoms with Crippen LogP contribution in [-0.2, 0) is 6.42 Å². The van der Waals surface area contributed by atoms with E-state index in [1.54, 1.807) is 49.6 Å². The molecule has 0 aliphatic heterocycles. The first-order chi connectivity index (χ1) is 14.6. The molecule has 0 spiro atoms. The van der Waals surface area contributed by atoms with Crippen molar-refractivity contribution < 1.29 is 19.1 Å². The Morgan fingerprint density at radius 3 is 2.70 bits per heavy atom. The molecule has 0 unspecified atom stereocenters. The number of hydrogen-bond acceptors (Lipinski definition) is 7. The third-order valence-electron chi connectivity index (χ3n) is 4.08. The van der Waals surface area contributed by atoms with Crippen LogP contribution in [0.1, 0.15) is 32.6 Å². The van der Waals surface area contributed by atoms with Crippen LogP contribution in [0.3, 0.4) is 0 Å². The van der Waals surface area contributed by atoms with E-state index in [9.17, 15) is 9.59 Å². The van der Waals surface area contributed by atoms with Gasteiger partial charge in [0.25, 0.3) is 11.8 Å². The summed E-state index contributed by atoms with van der Waals surface area (Å²) in [6.45, 7) is 2.72. The fraction of sp³-hybridized carbons (Fsp3) is 0.238. The maximum atomic E-state index is 12.5. The zero-order valence-corrected chi connectivity index (χ0v) is 17.5. The SMILES string of the molecule is CCOc1ccccc1C(=O)Nc1nnc(CCNC(=O)c2cccc(OC)c2)s1. The Kier molecular flexibility index (Phi) is 7.34. The normalized spacial score (nSPS) is 10.3. The van der Waals surface area contributed by atoms with E-state index in [1.165, 1.54) is 11.3 Å². The summed E-state index contributed by atoms with van der Waals surface area (Å²) >= 11 is 1.26. The molecule has 2 amide bonds. The van der Waals surface area contributed by atoms with Crippen LogP contribution in [0.15, 0.2) is 48.5 Å². The lowest BCUT2D eigenvalue weighted by Crippen LogP contribution is -2.25. The molecular formula is C21H22N4O4S. The predicted octanol–water partition coefficient (Wildman–Crippen LogP) is 3.17. The highest BCUT2D eigenvalue weighted by Gasteiger charge is 2.15. The summed E-state index contributed by atoms with van der Waals surface area (Å²) in [7, 11) is 1.55. The van der Waals surface area contributed by atoms with Crippen LogP contribution in [-0.4, -0.2) is 42.3 Å². The highest BCUT2D eigenvalue weighted by molar-refractivity contribution is 7.15. The molecule has 0 aliphatic carbocycles. The summed E-state index contributed by atoms with van der Waals surface area (Å²) in [5.41, 5.74) is 0.953. The molecule has 0 aliphatic rings. The second-order valence-corrected chi connectivity index (χ2v) is 7.18. The number of ether oxygens (including phenoxy) is 2. The van der Waals surface area contributed by atoms with E-state index in [2.05, 4.69) is 20.8 Å². The number of para-hydroxylation sites is 1. The van der Waals surface area contributed by atoms with E-state index < -0.39 is 0 Å². The van der Waals surface area contributed by atoms with Crippen molar-refractivity contribution in [1.29, 1.82) is 0 Å². The second-order valence-electron chi connectivity index (χ2n) is 6.12. The van der Waals surface area contributed by atoms with Crippen molar-refractivity contribution >= 4 is 28.3 Å². The highest BCUT2D eigenvalue weighted by Crippen LogP contribution is 2.21. The van der Waals surface area contributed by atoms with Crippen LogP contribution in [0.2, 0.25) is 0 Å². The molecule has 8 nitrogen and oxygen atoms in total. The molecule has 30 heavy (non-hydrogen) atoms. The van der Waals surface area contributed by atoms with Gasteiger partial charge in [0.05, 0.1) is 19.3 Å². The van der Waals surface area contributed by atoms with Gasteiger partial charge < -0.3 is 14.8 Å². The number of anilines is 1. The van der Waals surface area contributed by atoms with E-state index in [0.717, 1.165) is 0 Å². The maximum Gasteiger partial charge on any atom is 0.261 e. The maximum absolute atomic E-state index is 12.5. The van der Waals surface area contributed by atoms with Crippen molar-refractivity contribution in [3.8, 4) is 11.5 Å². The smallest absolute Gasteiger partial charge is 0.261 e. The van der Waals surface area contributed by atoms with E-state index in [0.29, 0.717) is 52.3 Å². The van der Waals surface area contributed by atoms with Crippen molar-refractivity contribution in [2.24, 2.45) is 0 Å². The molecule has 1 heterocycles. The van der Waals surface area contributed by atoms with Crippen LogP contribution in [0.4, 0.5) is 5.13 Å². The fourth-order valence-electron chi connectivity index (χ4n) is 2.65. The number of rotatable bonds is 9. The van der Waals surface area contributed by atoms with Gasteiger partial charge in [0.15, 0.2) is 0 Å². The summed E-state index contributed by atoms with van der Waals surface area (Å²) in [6, 6.07) is 14.0. The summed E-state index contributed by atoms with van der Waals surface area (Å²) in [6.07, 6.45) is 0.499. The van der Waals surface area contributed by atoms with Crippen molar-refractivity contribution in [2.45, 2.75) is 13.3 Å². The quantitative estimate of drug-likeness (QED) is 0.545. The van der Waals surface area contributed by atoms with E-state index >= 15 is 0 Å². The molecular weight excluding hydrogens is 404 g/mol. The average molecular weight is 426 g/mol. The molecule has 9 heteroatoms. The zero-order chi connectivity index (χ0) is 21.3. The molecule has 2 aromatic carbocycles. The van der Waals surface area contributed by atoms with Crippen molar-refractivity contribution in [1.82, 2.24) is 15.5 Å². The van der Waals surface area contributed by atoms with Gasteiger partial charge in [-0.25, -0.2) is 0 Å². The minimum atomic E-state index is -0.312. The van der Waals surface area contributed by atoms with Crippen LogP contribution >= 0.6 is 11.3 Å². The number of methoxy groups -OCH3 is 1.